The van der Waals surface area contributed by atoms with Crippen LogP contribution in [0.5, 0.6) is 0 Å². The predicted octanol–water partition coefficient (Wildman–Crippen LogP) is 4.89. The van der Waals surface area contributed by atoms with Crippen LogP contribution in [0.2, 0.25) is 19.6 Å². The Balaban J connectivity index is 2.26. The molecular formula is C19H21NSi. The first kappa shape index (κ1) is 13.9. The van der Waals surface area contributed by atoms with Crippen LogP contribution in [-0.4, -0.2) is 13.1 Å². The Morgan fingerprint density at radius 1 is 0.714 bits per heavy atom. The highest BCUT2D eigenvalue weighted by molar-refractivity contribution is 6.89. The normalized spacial score (nSPS) is 11.6. The van der Waals surface area contributed by atoms with E-state index in [2.05, 4.69) is 91.5 Å². The van der Waals surface area contributed by atoms with Gasteiger partial charge in [-0.15, -0.1) is 0 Å². The van der Waals surface area contributed by atoms with E-state index in [4.69, 9.17) is 0 Å². The maximum Gasteiger partial charge on any atom is 0.0990 e. The standard InChI is InChI=1S/C19H21NSi/c1-21(2,3)19-18(16-12-8-5-9-13-16)17(14-20-19)15-10-6-4-7-11-15/h4-14,20H,1-3H3. The summed E-state index contributed by atoms with van der Waals surface area (Å²) in [4.78, 5) is 3.57. The van der Waals surface area contributed by atoms with Gasteiger partial charge < -0.3 is 4.98 Å². The molecule has 0 bridgehead atoms. The molecule has 3 aromatic rings. The molecule has 0 fully saturated rings. The smallest absolute Gasteiger partial charge is 0.0990 e. The minimum atomic E-state index is -1.43. The van der Waals surface area contributed by atoms with E-state index in [9.17, 15) is 0 Å². The molecule has 0 atom stereocenters. The topological polar surface area (TPSA) is 15.8 Å². The summed E-state index contributed by atoms with van der Waals surface area (Å²) in [5, 5.41) is 1.42. The van der Waals surface area contributed by atoms with Gasteiger partial charge >= 0.3 is 0 Å². The molecule has 0 aliphatic heterocycles. The molecule has 1 nitrogen and oxygen atoms in total. The molecule has 21 heavy (non-hydrogen) atoms. The Hall–Kier alpha value is -2.06. The highest BCUT2D eigenvalue weighted by Crippen LogP contribution is 2.32. The molecule has 0 saturated carbocycles. The lowest BCUT2D eigenvalue weighted by molar-refractivity contribution is 1.44. The number of H-pyrrole nitrogens is 1. The minimum absolute atomic E-state index is 1.28. The van der Waals surface area contributed by atoms with Gasteiger partial charge in [0.1, 0.15) is 0 Å². The zero-order valence-corrected chi connectivity index (χ0v) is 13.9. The maximum atomic E-state index is 3.57. The van der Waals surface area contributed by atoms with Crippen molar-refractivity contribution in [2.45, 2.75) is 19.6 Å². The van der Waals surface area contributed by atoms with E-state index in [1.807, 2.05) is 0 Å². The first-order chi connectivity index (χ1) is 10.1. The average Bonchev–Trinajstić information content (AvgIpc) is 2.94. The van der Waals surface area contributed by atoms with Gasteiger partial charge in [0.05, 0.1) is 8.07 Å². The molecule has 1 heterocycles. The van der Waals surface area contributed by atoms with Crippen LogP contribution in [0.25, 0.3) is 22.3 Å². The third-order valence-electron chi connectivity index (χ3n) is 3.78. The fraction of sp³-hybridized carbons (Fsp3) is 0.158. The van der Waals surface area contributed by atoms with E-state index in [-0.39, 0.29) is 0 Å². The van der Waals surface area contributed by atoms with Crippen molar-refractivity contribution in [1.29, 1.82) is 0 Å². The first-order valence-electron chi connectivity index (χ1n) is 7.40. The highest BCUT2D eigenvalue weighted by atomic mass is 28.3. The number of rotatable bonds is 3. The van der Waals surface area contributed by atoms with E-state index < -0.39 is 8.07 Å². The lowest BCUT2D eigenvalue weighted by Gasteiger charge is -2.18. The lowest BCUT2D eigenvalue weighted by atomic mass is 9.99. The van der Waals surface area contributed by atoms with Crippen molar-refractivity contribution in [2.75, 3.05) is 0 Å². The first-order valence-corrected chi connectivity index (χ1v) is 10.9. The van der Waals surface area contributed by atoms with Crippen LogP contribution in [-0.2, 0) is 0 Å². The Kier molecular flexibility index (Phi) is 3.56. The molecule has 106 valence electrons. The Bertz CT molecular complexity index is 721. The molecule has 0 amide bonds. The molecule has 0 aliphatic rings. The van der Waals surface area contributed by atoms with Gasteiger partial charge in [-0.1, -0.05) is 80.3 Å². The van der Waals surface area contributed by atoms with Gasteiger partial charge in [0.2, 0.25) is 0 Å². The Morgan fingerprint density at radius 3 is 1.76 bits per heavy atom. The van der Waals surface area contributed by atoms with E-state index in [0.717, 1.165) is 0 Å². The molecule has 0 spiro atoms. The molecule has 2 heteroatoms. The molecule has 0 radical (unpaired) electrons. The summed E-state index contributed by atoms with van der Waals surface area (Å²) in [6, 6.07) is 21.4. The van der Waals surface area contributed by atoms with Crippen molar-refractivity contribution in [1.82, 2.24) is 4.98 Å². The fourth-order valence-corrected chi connectivity index (χ4v) is 4.30. The number of nitrogens with one attached hydrogen (secondary N) is 1. The van der Waals surface area contributed by atoms with E-state index in [0.29, 0.717) is 0 Å². The summed E-state index contributed by atoms with van der Waals surface area (Å²) >= 11 is 0. The van der Waals surface area contributed by atoms with Crippen LogP contribution < -0.4 is 5.32 Å². The third-order valence-corrected chi connectivity index (χ3v) is 5.67. The largest absolute Gasteiger partial charge is 0.367 e. The van der Waals surface area contributed by atoms with Gasteiger partial charge in [0, 0.05) is 22.6 Å². The van der Waals surface area contributed by atoms with Gasteiger partial charge in [-0.05, 0) is 11.1 Å². The van der Waals surface area contributed by atoms with Crippen molar-refractivity contribution in [3.8, 4) is 22.3 Å². The number of benzene rings is 2. The van der Waals surface area contributed by atoms with Gasteiger partial charge in [0.15, 0.2) is 0 Å². The van der Waals surface area contributed by atoms with Gasteiger partial charge in [-0.3, -0.25) is 0 Å². The number of aromatic amines is 1. The number of hydrogen-bond donors (Lipinski definition) is 1. The molecular weight excluding hydrogens is 270 g/mol. The second-order valence-corrected chi connectivity index (χ2v) is 11.4. The monoisotopic (exact) mass is 291 g/mol. The van der Waals surface area contributed by atoms with Crippen molar-refractivity contribution in [3.05, 3.63) is 66.9 Å². The molecule has 0 saturated heterocycles. The van der Waals surface area contributed by atoms with Crippen LogP contribution in [0.1, 0.15) is 0 Å². The second kappa shape index (κ2) is 5.38. The zero-order chi connectivity index (χ0) is 14.9. The summed E-state index contributed by atoms with van der Waals surface area (Å²) in [5.74, 6) is 0. The molecule has 1 aromatic heterocycles. The summed E-state index contributed by atoms with van der Waals surface area (Å²) in [6.45, 7) is 7.17. The van der Waals surface area contributed by atoms with Gasteiger partial charge in [-0.25, -0.2) is 0 Å². The summed E-state index contributed by atoms with van der Waals surface area (Å²) < 4.78 is 0. The quantitative estimate of drug-likeness (QED) is 0.661. The van der Waals surface area contributed by atoms with Gasteiger partial charge in [-0.2, -0.15) is 0 Å². The molecule has 1 N–H and O–H groups in total. The van der Waals surface area contributed by atoms with Gasteiger partial charge in [0.25, 0.3) is 0 Å². The minimum Gasteiger partial charge on any atom is -0.367 e. The van der Waals surface area contributed by atoms with Crippen LogP contribution in [0.4, 0.5) is 0 Å². The van der Waals surface area contributed by atoms with Crippen LogP contribution in [0, 0.1) is 0 Å². The molecule has 0 aliphatic carbocycles. The molecule has 2 aromatic carbocycles. The number of hydrogen-bond acceptors (Lipinski definition) is 0. The Labute approximate surface area is 127 Å². The third kappa shape index (κ3) is 2.72. The van der Waals surface area contributed by atoms with Crippen molar-refractivity contribution >= 4 is 13.4 Å². The lowest BCUT2D eigenvalue weighted by Crippen LogP contribution is -2.39. The van der Waals surface area contributed by atoms with Crippen molar-refractivity contribution in [3.63, 3.8) is 0 Å². The van der Waals surface area contributed by atoms with Crippen LogP contribution >= 0.6 is 0 Å². The number of aromatic nitrogens is 1. The summed E-state index contributed by atoms with van der Waals surface area (Å²) in [6.07, 6.45) is 2.17. The summed E-state index contributed by atoms with van der Waals surface area (Å²) in [5.41, 5.74) is 5.26. The van der Waals surface area contributed by atoms with Crippen LogP contribution in [0.3, 0.4) is 0 Å². The van der Waals surface area contributed by atoms with E-state index in [1.54, 1.807) is 0 Å². The highest BCUT2D eigenvalue weighted by Gasteiger charge is 2.25. The van der Waals surface area contributed by atoms with E-state index >= 15 is 0 Å². The van der Waals surface area contributed by atoms with Crippen LogP contribution in [0.15, 0.2) is 66.9 Å². The van der Waals surface area contributed by atoms with Crippen molar-refractivity contribution < 1.29 is 0 Å². The van der Waals surface area contributed by atoms with Crippen molar-refractivity contribution in [2.24, 2.45) is 0 Å². The zero-order valence-electron chi connectivity index (χ0n) is 12.9. The summed E-state index contributed by atoms with van der Waals surface area (Å²) in [7, 11) is -1.43. The SMILES string of the molecule is C[Si](C)(C)c1[nH]cc(-c2ccccc2)c1-c1ccccc1. The fourth-order valence-electron chi connectivity index (χ4n) is 2.76. The van der Waals surface area contributed by atoms with E-state index in [1.165, 1.54) is 27.6 Å². The Morgan fingerprint density at radius 2 is 1.24 bits per heavy atom. The maximum absolute atomic E-state index is 3.57. The second-order valence-electron chi connectivity index (χ2n) is 6.43. The average molecular weight is 291 g/mol. The molecule has 3 rings (SSSR count). The molecule has 0 unspecified atom stereocenters. The predicted molar refractivity (Wildman–Crippen MR) is 94.6 cm³/mol.